The fraction of sp³-hybridized carbons (Fsp3) is 0.765. The summed E-state index contributed by atoms with van der Waals surface area (Å²) in [6.45, 7) is 10.5. The molecule has 1 aromatic heterocycles. The van der Waals surface area contributed by atoms with Gasteiger partial charge in [-0.1, -0.05) is 13.8 Å². The minimum Gasteiger partial charge on any atom is -0.381 e. The first-order valence-electron chi connectivity index (χ1n) is 8.68. The summed E-state index contributed by atoms with van der Waals surface area (Å²) >= 11 is 3.63. The molecule has 0 aliphatic carbocycles. The Bertz CT molecular complexity index is 530. The minimum absolute atomic E-state index is 0. The van der Waals surface area contributed by atoms with E-state index in [-0.39, 0.29) is 28.7 Å². The lowest BCUT2D eigenvalue weighted by molar-refractivity contribution is 0.0783. The maximum absolute atomic E-state index is 5.51. The van der Waals surface area contributed by atoms with Gasteiger partial charge in [-0.2, -0.15) is 11.8 Å². The van der Waals surface area contributed by atoms with Crippen LogP contribution in [0.4, 0.5) is 0 Å². The van der Waals surface area contributed by atoms with Crippen molar-refractivity contribution in [3.05, 3.63) is 16.1 Å². The zero-order valence-electron chi connectivity index (χ0n) is 15.6. The molecule has 0 atom stereocenters. The second kappa shape index (κ2) is 11.6. The average Bonchev–Trinajstić information content (AvgIpc) is 3.07. The van der Waals surface area contributed by atoms with Gasteiger partial charge in [0.05, 0.1) is 12.2 Å². The highest BCUT2D eigenvalue weighted by molar-refractivity contribution is 14.0. The van der Waals surface area contributed by atoms with Crippen molar-refractivity contribution in [2.75, 3.05) is 32.6 Å². The van der Waals surface area contributed by atoms with E-state index in [1.807, 2.05) is 11.8 Å². The van der Waals surface area contributed by atoms with Crippen LogP contribution in [-0.4, -0.2) is 48.2 Å². The summed E-state index contributed by atoms with van der Waals surface area (Å²) in [5.41, 5.74) is 1.16. The van der Waals surface area contributed by atoms with Crippen LogP contribution in [0, 0.1) is 0 Å². The van der Waals surface area contributed by atoms with E-state index in [9.17, 15) is 0 Å². The summed E-state index contributed by atoms with van der Waals surface area (Å²) in [5, 5.41) is 10.1. The molecule has 1 fully saturated rings. The third kappa shape index (κ3) is 7.22. The molecule has 0 bridgehead atoms. The lowest BCUT2D eigenvalue weighted by Gasteiger charge is -2.36. The molecule has 5 nitrogen and oxygen atoms in total. The molecule has 2 heterocycles. The predicted octanol–water partition coefficient (Wildman–Crippen LogP) is 3.85. The van der Waals surface area contributed by atoms with Crippen molar-refractivity contribution in [1.82, 2.24) is 15.6 Å². The third-order valence-corrected chi connectivity index (χ3v) is 6.56. The van der Waals surface area contributed by atoms with E-state index in [1.165, 1.54) is 0 Å². The zero-order valence-corrected chi connectivity index (χ0v) is 19.6. The number of nitrogens with zero attached hydrogens (tertiary/aromatic N) is 2. The van der Waals surface area contributed by atoms with Crippen molar-refractivity contribution in [3.63, 3.8) is 0 Å². The molecule has 144 valence electrons. The molecule has 1 saturated heterocycles. The van der Waals surface area contributed by atoms with Gasteiger partial charge in [0.2, 0.25) is 0 Å². The minimum atomic E-state index is 0. The van der Waals surface area contributed by atoms with E-state index < -0.39 is 0 Å². The van der Waals surface area contributed by atoms with Gasteiger partial charge in [-0.05, 0) is 31.9 Å². The Morgan fingerprint density at radius 3 is 2.68 bits per heavy atom. The smallest absolute Gasteiger partial charge is 0.191 e. The molecule has 0 unspecified atom stereocenters. The van der Waals surface area contributed by atoms with Crippen LogP contribution in [0.3, 0.4) is 0 Å². The van der Waals surface area contributed by atoms with Crippen LogP contribution >= 0.6 is 47.1 Å². The Labute approximate surface area is 177 Å². The van der Waals surface area contributed by atoms with Crippen LogP contribution in [0.2, 0.25) is 0 Å². The lowest BCUT2D eigenvalue weighted by atomic mass is 9.99. The Balaban J connectivity index is 0.00000312. The van der Waals surface area contributed by atoms with Crippen molar-refractivity contribution in [3.8, 4) is 0 Å². The molecule has 0 aromatic carbocycles. The van der Waals surface area contributed by atoms with E-state index in [2.05, 4.69) is 48.0 Å². The molecule has 1 aliphatic heterocycles. The van der Waals surface area contributed by atoms with Gasteiger partial charge >= 0.3 is 0 Å². The van der Waals surface area contributed by atoms with Crippen LogP contribution in [0.25, 0.3) is 0 Å². The highest BCUT2D eigenvalue weighted by atomic mass is 127. The van der Waals surface area contributed by atoms with Crippen molar-refractivity contribution in [1.29, 1.82) is 0 Å². The monoisotopic (exact) mass is 498 g/mol. The number of hydrogen-bond donors (Lipinski definition) is 2. The molecule has 0 amide bonds. The second-order valence-electron chi connectivity index (χ2n) is 6.37. The quantitative estimate of drug-likeness (QED) is 0.340. The van der Waals surface area contributed by atoms with Crippen molar-refractivity contribution >= 4 is 53.0 Å². The Kier molecular flexibility index (Phi) is 10.7. The molecule has 0 radical (unpaired) electrons. The molecule has 1 aliphatic rings. The maximum atomic E-state index is 5.51. The van der Waals surface area contributed by atoms with E-state index in [1.54, 1.807) is 11.3 Å². The number of guanidine groups is 1. The summed E-state index contributed by atoms with van der Waals surface area (Å²) in [7, 11) is 0. The highest BCUT2D eigenvalue weighted by Gasteiger charge is 2.31. The van der Waals surface area contributed by atoms with E-state index in [0.717, 1.165) is 55.8 Å². The van der Waals surface area contributed by atoms with Gasteiger partial charge in [0.1, 0.15) is 5.01 Å². The highest BCUT2D eigenvalue weighted by Crippen LogP contribution is 2.32. The van der Waals surface area contributed by atoms with Crippen LogP contribution in [0.15, 0.2) is 10.4 Å². The second-order valence-corrected chi connectivity index (χ2v) is 8.59. The number of hydrogen-bond acceptors (Lipinski definition) is 5. The molecule has 2 N–H and O–H groups in total. The van der Waals surface area contributed by atoms with Crippen molar-refractivity contribution in [2.45, 2.75) is 50.8 Å². The number of thiazole rings is 1. The number of aliphatic imine (C=N–C) groups is 1. The number of aromatic nitrogens is 1. The van der Waals surface area contributed by atoms with Gasteiger partial charge < -0.3 is 15.4 Å². The van der Waals surface area contributed by atoms with E-state index in [0.29, 0.717) is 12.5 Å². The molecule has 2 rings (SSSR count). The first-order chi connectivity index (χ1) is 11.6. The molecule has 0 saturated carbocycles. The van der Waals surface area contributed by atoms with Gasteiger partial charge in [0.15, 0.2) is 5.96 Å². The van der Waals surface area contributed by atoms with E-state index >= 15 is 0 Å². The number of nitrogens with one attached hydrogen (secondary N) is 2. The van der Waals surface area contributed by atoms with Gasteiger partial charge in [0, 0.05) is 36.4 Å². The number of rotatable bonds is 7. The number of thioether (sulfide) groups is 1. The predicted molar refractivity (Wildman–Crippen MR) is 121 cm³/mol. The summed E-state index contributed by atoms with van der Waals surface area (Å²) in [4.78, 5) is 9.36. The van der Waals surface area contributed by atoms with Crippen molar-refractivity contribution in [2.24, 2.45) is 4.99 Å². The zero-order chi connectivity index (χ0) is 17.4. The van der Waals surface area contributed by atoms with Crippen LogP contribution in [0.5, 0.6) is 0 Å². The Morgan fingerprint density at radius 2 is 2.12 bits per heavy atom. The fourth-order valence-corrected chi connectivity index (χ4v) is 4.26. The van der Waals surface area contributed by atoms with Crippen LogP contribution in [-0.2, 0) is 11.3 Å². The number of halogens is 1. The molecule has 8 heteroatoms. The maximum Gasteiger partial charge on any atom is 0.191 e. The Morgan fingerprint density at radius 1 is 1.40 bits per heavy atom. The van der Waals surface area contributed by atoms with Gasteiger partial charge in [0.25, 0.3) is 0 Å². The molecule has 25 heavy (non-hydrogen) atoms. The first kappa shape index (κ1) is 23.0. The third-order valence-electron chi connectivity index (χ3n) is 4.29. The molecule has 1 aromatic rings. The van der Waals surface area contributed by atoms with Gasteiger partial charge in [-0.25, -0.2) is 9.98 Å². The van der Waals surface area contributed by atoms with Crippen LogP contribution < -0.4 is 10.6 Å². The molecular formula is C17H31IN4OS2. The Hall–Kier alpha value is -0.0600. The van der Waals surface area contributed by atoms with Gasteiger partial charge in [-0.3, -0.25) is 0 Å². The van der Waals surface area contributed by atoms with Gasteiger partial charge in [-0.15, -0.1) is 35.3 Å². The average molecular weight is 499 g/mol. The topological polar surface area (TPSA) is 58.5 Å². The normalized spacial score (nSPS) is 17.2. The first-order valence-corrected chi connectivity index (χ1v) is 10.8. The summed E-state index contributed by atoms with van der Waals surface area (Å²) < 4.78 is 5.76. The van der Waals surface area contributed by atoms with Crippen molar-refractivity contribution < 1.29 is 4.74 Å². The molecule has 0 spiro atoms. The SMILES string of the molecule is CCNC(=NCc1nc(C(C)C)cs1)NCC1(SC)CCOCC1.I. The van der Waals surface area contributed by atoms with Crippen LogP contribution in [0.1, 0.15) is 50.2 Å². The summed E-state index contributed by atoms with van der Waals surface area (Å²) in [6.07, 6.45) is 4.37. The van der Waals surface area contributed by atoms with E-state index in [4.69, 9.17) is 9.73 Å². The fourth-order valence-electron chi connectivity index (χ4n) is 2.59. The number of ether oxygens (including phenoxy) is 1. The largest absolute Gasteiger partial charge is 0.381 e. The lowest BCUT2D eigenvalue weighted by Crippen LogP contribution is -2.47. The molecular weight excluding hydrogens is 467 g/mol. The summed E-state index contributed by atoms with van der Waals surface area (Å²) in [6, 6.07) is 0. The standard InChI is InChI=1S/C17H30N4OS2.HI/c1-5-18-16(19-10-15-21-14(11-24-15)13(2)3)20-12-17(23-4)6-8-22-9-7-17;/h11,13H,5-10,12H2,1-4H3,(H2,18,19,20);1H. The summed E-state index contributed by atoms with van der Waals surface area (Å²) in [5.74, 6) is 1.35.